The van der Waals surface area contributed by atoms with Crippen molar-refractivity contribution < 1.29 is 4.79 Å². The van der Waals surface area contributed by atoms with E-state index in [-0.39, 0.29) is 29.3 Å². The van der Waals surface area contributed by atoms with E-state index in [0.717, 1.165) is 21.3 Å². The van der Waals surface area contributed by atoms with Gasteiger partial charge in [-0.2, -0.15) is 0 Å². The van der Waals surface area contributed by atoms with Crippen LogP contribution in [0, 0.1) is 5.41 Å². The fraction of sp³-hybridized carbons (Fsp3) is 0.0400. The minimum atomic E-state index is 0. The lowest BCUT2D eigenvalue weighted by molar-refractivity contribution is 0.0972. The molecule has 0 saturated heterocycles. The molecule has 0 radical (unpaired) electrons. The largest absolute Gasteiger partial charge is 0.309 e. The number of hydrogen-bond acceptors (Lipinski definition) is 3. The minimum Gasteiger partial charge on any atom is -0.309 e. The fourth-order valence-electron chi connectivity index (χ4n) is 3.64. The van der Waals surface area contributed by atoms with Crippen molar-refractivity contribution in [3.63, 3.8) is 0 Å². The van der Waals surface area contributed by atoms with E-state index in [2.05, 4.69) is 30.3 Å². The number of carbonyl (C=O) groups excluding carboxylic acids is 1. The van der Waals surface area contributed by atoms with E-state index in [1.165, 1.54) is 22.1 Å². The Hall–Kier alpha value is -3.02. The van der Waals surface area contributed by atoms with Crippen molar-refractivity contribution >= 4 is 55.1 Å². The molecule has 30 heavy (non-hydrogen) atoms. The number of aromatic nitrogens is 1. The number of nitrogens with one attached hydrogen (secondary N) is 1. The number of halogens is 1. The summed E-state index contributed by atoms with van der Waals surface area (Å²) in [6.45, 7) is 0.179. The van der Waals surface area contributed by atoms with Gasteiger partial charge in [-0.25, -0.2) is 0 Å². The Kier molecular flexibility index (Phi) is 5.66. The van der Waals surface area contributed by atoms with Gasteiger partial charge in [0.25, 0.3) is 0 Å². The van der Waals surface area contributed by atoms with Crippen molar-refractivity contribution in [3.05, 3.63) is 101 Å². The predicted molar refractivity (Wildman–Crippen MR) is 130 cm³/mol. The summed E-state index contributed by atoms with van der Waals surface area (Å²) in [5, 5.41) is 10.6. The smallest absolute Gasteiger partial charge is 0.183 e. The first-order valence-electron chi connectivity index (χ1n) is 9.44. The summed E-state index contributed by atoms with van der Waals surface area (Å²) in [7, 11) is 0. The zero-order valence-electron chi connectivity index (χ0n) is 16.0. The molecule has 1 heterocycles. The molecule has 0 spiro atoms. The zero-order chi connectivity index (χ0) is 19.8. The van der Waals surface area contributed by atoms with Crippen LogP contribution in [0.1, 0.15) is 10.4 Å². The van der Waals surface area contributed by atoms with Crippen LogP contribution >= 0.6 is 28.3 Å². The fourth-order valence-corrected chi connectivity index (χ4v) is 4.56. The molecule has 0 amide bonds. The molecule has 0 fully saturated rings. The van der Waals surface area contributed by atoms with Gasteiger partial charge in [-0.05, 0) is 40.1 Å². The van der Waals surface area contributed by atoms with Gasteiger partial charge in [-0.3, -0.25) is 10.2 Å². The summed E-state index contributed by atoms with van der Waals surface area (Å²) in [6, 6.07) is 30.3. The summed E-state index contributed by atoms with van der Waals surface area (Å²) >= 11 is 1.39. The number of benzene rings is 4. The molecule has 0 aliphatic heterocycles. The van der Waals surface area contributed by atoms with Crippen molar-refractivity contribution in [1.82, 2.24) is 4.57 Å². The summed E-state index contributed by atoms with van der Waals surface area (Å²) < 4.78 is 2.80. The molecule has 1 N–H and O–H groups in total. The number of nitrogens with zero attached hydrogens (tertiary/aromatic N) is 1. The van der Waals surface area contributed by atoms with E-state index < -0.39 is 0 Å². The van der Waals surface area contributed by atoms with Gasteiger partial charge in [0.15, 0.2) is 10.6 Å². The van der Waals surface area contributed by atoms with Crippen molar-refractivity contribution in [2.75, 3.05) is 0 Å². The van der Waals surface area contributed by atoms with Gasteiger partial charge in [0.2, 0.25) is 0 Å². The molecule has 0 unspecified atom stereocenters. The summed E-state index contributed by atoms with van der Waals surface area (Å²) in [5.41, 5.74) is 3.82. The molecule has 5 heteroatoms. The van der Waals surface area contributed by atoms with Gasteiger partial charge in [0.1, 0.15) is 0 Å². The maximum absolute atomic E-state index is 12.8. The molecule has 1 aromatic heterocycles. The van der Waals surface area contributed by atoms with Crippen LogP contribution < -0.4 is 4.80 Å². The first-order chi connectivity index (χ1) is 14.2. The van der Waals surface area contributed by atoms with Gasteiger partial charge < -0.3 is 4.57 Å². The first-order valence-corrected chi connectivity index (χ1v) is 10.3. The monoisotopic (exact) mass is 474 g/mol. The standard InChI is InChI=1S/C25H18N2OS.BrH/c26-25-27(22-7-3-4-8-24(22)29-25)16-23(28)19-12-9-18(10-13-19)21-14-11-17-5-1-2-6-20(17)15-21;/h1-15,26H,16H2;1H. The number of thiazole rings is 1. The van der Waals surface area contributed by atoms with Crippen molar-refractivity contribution in [1.29, 1.82) is 5.41 Å². The molecule has 0 bridgehead atoms. The Labute approximate surface area is 188 Å². The second-order valence-electron chi connectivity index (χ2n) is 7.02. The lowest BCUT2D eigenvalue weighted by Crippen LogP contribution is -2.19. The van der Waals surface area contributed by atoms with E-state index in [9.17, 15) is 4.79 Å². The maximum Gasteiger partial charge on any atom is 0.183 e. The molecule has 5 rings (SSSR count). The van der Waals surface area contributed by atoms with Crippen LogP contribution in [0.2, 0.25) is 0 Å². The van der Waals surface area contributed by atoms with Gasteiger partial charge in [0.05, 0.1) is 16.8 Å². The number of ketones is 1. The lowest BCUT2D eigenvalue weighted by Gasteiger charge is -2.07. The average molecular weight is 475 g/mol. The third-order valence-electron chi connectivity index (χ3n) is 5.20. The highest BCUT2D eigenvalue weighted by atomic mass is 79.9. The summed E-state index contributed by atoms with van der Waals surface area (Å²) in [4.78, 5) is 13.2. The second-order valence-corrected chi connectivity index (χ2v) is 8.05. The van der Waals surface area contributed by atoms with E-state index in [4.69, 9.17) is 5.41 Å². The molecular weight excluding hydrogens is 456 g/mol. The molecule has 0 aliphatic carbocycles. The predicted octanol–water partition coefficient (Wildman–Crippen LogP) is 6.46. The quantitative estimate of drug-likeness (QED) is 0.298. The lowest BCUT2D eigenvalue weighted by atomic mass is 9.99. The second kappa shape index (κ2) is 8.38. The Balaban J connectivity index is 0.00000218. The summed E-state index contributed by atoms with van der Waals surface area (Å²) in [6.07, 6.45) is 0. The van der Waals surface area contributed by atoms with Crippen molar-refractivity contribution in [3.8, 4) is 11.1 Å². The van der Waals surface area contributed by atoms with Gasteiger partial charge in [-0.1, -0.05) is 84.1 Å². The number of para-hydroxylation sites is 1. The number of carbonyl (C=O) groups is 1. The first kappa shape index (κ1) is 20.3. The Bertz CT molecular complexity index is 1420. The number of fused-ring (bicyclic) bond motifs is 2. The van der Waals surface area contributed by atoms with Crippen molar-refractivity contribution in [2.24, 2.45) is 0 Å². The topological polar surface area (TPSA) is 45.9 Å². The van der Waals surface area contributed by atoms with Crippen LogP contribution in [0.25, 0.3) is 32.1 Å². The molecule has 0 aliphatic rings. The van der Waals surface area contributed by atoms with Crippen LogP contribution in [0.15, 0.2) is 91.0 Å². The minimum absolute atomic E-state index is 0. The Morgan fingerprint density at radius 1 is 0.800 bits per heavy atom. The average Bonchev–Trinajstić information content (AvgIpc) is 3.08. The third kappa shape index (κ3) is 3.74. The van der Waals surface area contributed by atoms with Crippen LogP contribution in [0.4, 0.5) is 0 Å². The molecule has 0 atom stereocenters. The highest BCUT2D eigenvalue weighted by molar-refractivity contribution is 8.93. The van der Waals surface area contributed by atoms with E-state index in [1.54, 1.807) is 4.57 Å². The van der Waals surface area contributed by atoms with Crippen LogP contribution in [-0.2, 0) is 6.54 Å². The highest BCUT2D eigenvalue weighted by Crippen LogP contribution is 2.25. The molecule has 4 aromatic carbocycles. The number of rotatable bonds is 4. The molecule has 0 saturated carbocycles. The van der Waals surface area contributed by atoms with Gasteiger partial charge in [0, 0.05) is 5.56 Å². The van der Waals surface area contributed by atoms with Crippen LogP contribution in [0.3, 0.4) is 0 Å². The zero-order valence-corrected chi connectivity index (χ0v) is 18.6. The number of hydrogen-bond donors (Lipinski definition) is 1. The normalized spacial score (nSPS) is 10.8. The maximum atomic E-state index is 12.8. The number of Topliss-reactive ketones (excluding diaryl/α,β-unsaturated/α-hetero) is 1. The SMILES string of the molecule is Br.N=c1sc2ccccc2n1CC(=O)c1ccc(-c2ccc3ccccc3c2)cc1. The summed E-state index contributed by atoms with van der Waals surface area (Å²) in [5.74, 6) is 0.0112. The molecule has 5 aromatic rings. The van der Waals surface area contributed by atoms with Crippen molar-refractivity contribution in [2.45, 2.75) is 6.54 Å². The van der Waals surface area contributed by atoms with E-state index in [1.807, 2.05) is 60.7 Å². The molecule has 3 nitrogen and oxygen atoms in total. The third-order valence-corrected chi connectivity index (χ3v) is 6.18. The van der Waals surface area contributed by atoms with Crippen LogP contribution in [-0.4, -0.2) is 10.4 Å². The van der Waals surface area contributed by atoms with Crippen LogP contribution in [0.5, 0.6) is 0 Å². The van der Waals surface area contributed by atoms with E-state index >= 15 is 0 Å². The van der Waals surface area contributed by atoms with Gasteiger partial charge >= 0.3 is 0 Å². The highest BCUT2D eigenvalue weighted by Gasteiger charge is 2.11. The Morgan fingerprint density at radius 2 is 1.47 bits per heavy atom. The molecular formula is C25H19BrN2OS. The van der Waals surface area contributed by atoms with E-state index in [0.29, 0.717) is 10.4 Å². The Morgan fingerprint density at radius 3 is 2.27 bits per heavy atom. The van der Waals surface area contributed by atoms with Gasteiger partial charge in [-0.15, -0.1) is 17.0 Å². The molecule has 148 valence electrons.